The third kappa shape index (κ3) is 5.15. The Morgan fingerprint density at radius 3 is 2.23 bits per heavy atom. The summed E-state index contributed by atoms with van der Waals surface area (Å²) in [6.07, 6.45) is 0. The van der Waals surface area contributed by atoms with E-state index in [4.69, 9.17) is 30.5 Å². The number of amides is 1. The molecule has 0 heterocycles. The first-order valence-corrected chi connectivity index (χ1v) is 9.50. The van der Waals surface area contributed by atoms with Crippen LogP contribution in [-0.4, -0.2) is 27.2 Å². The lowest BCUT2D eigenvalue weighted by atomic mass is 10.1. The zero-order valence-corrected chi connectivity index (χ0v) is 17.7. The number of hydrogen-bond acceptors (Lipinski definition) is 5. The number of ether oxygens (including phenoxy) is 4. The summed E-state index contributed by atoms with van der Waals surface area (Å²) < 4.78 is 21.5. The molecular formula is C23H22ClNO5. The van der Waals surface area contributed by atoms with Crippen molar-refractivity contribution in [1.82, 2.24) is 0 Å². The van der Waals surface area contributed by atoms with Gasteiger partial charge in [0.25, 0.3) is 5.91 Å². The highest BCUT2D eigenvalue weighted by Gasteiger charge is 2.14. The van der Waals surface area contributed by atoms with Crippen LogP contribution in [0.25, 0.3) is 0 Å². The molecule has 0 bridgehead atoms. The van der Waals surface area contributed by atoms with Crippen molar-refractivity contribution in [3.05, 3.63) is 76.8 Å². The highest BCUT2D eigenvalue weighted by molar-refractivity contribution is 6.32. The maximum Gasteiger partial charge on any atom is 0.255 e. The number of rotatable bonds is 8. The van der Waals surface area contributed by atoms with Crippen LogP contribution in [0.4, 0.5) is 5.69 Å². The van der Waals surface area contributed by atoms with Gasteiger partial charge in [-0.3, -0.25) is 4.79 Å². The number of hydrogen-bond donors (Lipinski definition) is 1. The van der Waals surface area contributed by atoms with Gasteiger partial charge in [-0.1, -0.05) is 29.8 Å². The van der Waals surface area contributed by atoms with Gasteiger partial charge in [0.2, 0.25) is 0 Å². The van der Waals surface area contributed by atoms with E-state index >= 15 is 0 Å². The molecule has 0 saturated heterocycles. The number of carbonyl (C=O) groups is 1. The number of nitrogens with one attached hydrogen (secondary N) is 1. The molecule has 0 unspecified atom stereocenters. The van der Waals surface area contributed by atoms with E-state index in [1.165, 1.54) is 14.2 Å². The van der Waals surface area contributed by atoms with Gasteiger partial charge in [0.1, 0.15) is 29.6 Å². The predicted octanol–water partition coefficient (Wildman–Crippen LogP) is 5.20. The molecule has 30 heavy (non-hydrogen) atoms. The number of halogens is 1. The summed E-state index contributed by atoms with van der Waals surface area (Å²) in [5.74, 6) is 2.04. The van der Waals surface area contributed by atoms with Crippen molar-refractivity contribution in [3.8, 4) is 23.0 Å². The molecule has 6 nitrogen and oxygen atoms in total. The molecule has 156 valence electrons. The first-order chi connectivity index (χ1) is 14.5. The molecule has 0 radical (unpaired) electrons. The van der Waals surface area contributed by atoms with Crippen molar-refractivity contribution in [1.29, 1.82) is 0 Å². The molecule has 0 aliphatic heterocycles. The van der Waals surface area contributed by atoms with Crippen LogP contribution in [0.5, 0.6) is 23.0 Å². The van der Waals surface area contributed by atoms with Gasteiger partial charge in [0.05, 0.1) is 32.0 Å². The van der Waals surface area contributed by atoms with Crippen LogP contribution in [-0.2, 0) is 6.61 Å². The molecule has 3 rings (SSSR count). The Morgan fingerprint density at radius 1 is 0.867 bits per heavy atom. The fourth-order valence-corrected chi connectivity index (χ4v) is 2.99. The van der Waals surface area contributed by atoms with Crippen LogP contribution < -0.4 is 24.3 Å². The van der Waals surface area contributed by atoms with Crippen LogP contribution in [0.3, 0.4) is 0 Å². The van der Waals surface area contributed by atoms with E-state index in [-0.39, 0.29) is 5.91 Å². The van der Waals surface area contributed by atoms with Crippen LogP contribution in [0.2, 0.25) is 5.02 Å². The topological polar surface area (TPSA) is 66.0 Å². The van der Waals surface area contributed by atoms with Crippen molar-refractivity contribution in [2.75, 3.05) is 26.6 Å². The van der Waals surface area contributed by atoms with E-state index in [0.29, 0.717) is 40.1 Å². The SMILES string of the molecule is COc1cccc(OCc2ccc(C(=O)Nc3cc(OC)c(Cl)cc3OC)cc2)c1. The Morgan fingerprint density at radius 2 is 1.57 bits per heavy atom. The maximum absolute atomic E-state index is 12.6. The van der Waals surface area contributed by atoms with Crippen LogP contribution in [0, 0.1) is 0 Å². The average molecular weight is 428 g/mol. The molecule has 3 aromatic rings. The quantitative estimate of drug-likeness (QED) is 0.535. The van der Waals surface area contributed by atoms with Crippen molar-refractivity contribution in [2.45, 2.75) is 6.61 Å². The highest BCUT2D eigenvalue weighted by Crippen LogP contribution is 2.36. The standard InChI is InChI=1S/C23H22ClNO5/c1-27-17-5-4-6-18(11-17)30-14-15-7-9-16(10-8-15)23(26)25-20-13-21(28-2)19(24)12-22(20)29-3/h4-13H,14H2,1-3H3,(H,25,26). The minimum Gasteiger partial charge on any atom is -0.497 e. The normalized spacial score (nSPS) is 10.3. The maximum atomic E-state index is 12.6. The molecule has 0 atom stereocenters. The molecule has 1 N–H and O–H groups in total. The monoisotopic (exact) mass is 427 g/mol. The summed E-state index contributed by atoms with van der Waals surface area (Å²) >= 11 is 6.11. The summed E-state index contributed by atoms with van der Waals surface area (Å²) in [5, 5.41) is 3.22. The van der Waals surface area contributed by atoms with Gasteiger partial charge in [0, 0.05) is 23.8 Å². The molecule has 1 amide bonds. The Bertz CT molecular complexity index is 1020. The number of anilines is 1. The van der Waals surface area contributed by atoms with E-state index in [1.807, 2.05) is 36.4 Å². The molecule has 0 aromatic heterocycles. The zero-order valence-electron chi connectivity index (χ0n) is 16.9. The third-order valence-corrected chi connectivity index (χ3v) is 4.68. The van der Waals surface area contributed by atoms with Crippen molar-refractivity contribution in [3.63, 3.8) is 0 Å². The van der Waals surface area contributed by atoms with Crippen molar-refractivity contribution < 1.29 is 23.7 Å². The van der Waals surface area contributed by atoms with Gasteiger partial charge in [0.15, 0.2) is 0 Å². The fourth-order valence-electron chi connectivity index (χ4n) is 2.76. The number of carbonyl (C=O) groups excluding carboxylic acids is 1. The van der Waals surface area contributed by atoms with Gasteiger partial charge in [-0.05, 0) is 29.8 Å². The Hall–Kier alpha value is -3.38. The largest absolute Gasteiger partial charge is 0.497 e. The van der Waals surface area contributed by atoms with Gasteiger partial charge >= 0.3 is 0 Å². The molecule has 3 aromatic carbocycles. The highest BCUT2D eigenvalue weighted by atomic mass is 35.5. The van der Waals surface area contributed by atoms with Crippen LogP contribution >= 0.6 is 11.6 Å². The summed E-state index contributed by atoms with van der Waals surface area (Å²) in [7, 11) is 4.62. The minimum absolute atomic E-state index is 0.280. The number of methoxy groups -OCH3 is 3. The first kappa shape index (κ1) is 21.3. The van der Waals surface area contributed by atoms with Gasteiger partial charge in [-0.15, -0.1) is 0 Å². The lowest BCUT2D eigenvalue weighted by Gasteiger charge is -2.13. The average Bonchev–Trinajstić information content (AvgIpc) is 2.78. The minimum atomic E-state index is -0.280. The van der Waals surface area contributed by atoms with Crippen LogP contribution in [0.1, 0.15) is 15.9 Å². The molecule has 7 heteroatoms. The Labute approximate surface area is 180 Å². The van der Waals surface area contributed by atoms with Gasteiger partial charge < -0.3 is 24.3 Å². The lowest BCUT2D eigenvalue weighted by Crippen LogP contribution is -2.13. The van der Waals surface area contributed by atoms with Gasteiger partial charge in [-0.2, -0.15) is 0 Å². The smallest absolute Gasteiger partial charge is 0.255 e. The molecular weight excluding hydrogens is 406 g/mol. The van der Waals surface area contributed by atoms with E-state index in [0.717, 1.165) is 11.3 Å². The second-order valence-electron chi connectivity index (χ2n) is 6.31. The lowest BCUT2D eigenvalue weighted by molar-refractivity contribution is 0.102. The van der Waals surface area contributed by atoms with E-state index < -0.39 is 0 Å². The first-order valence-electron chi connectivity index (χ1n) is 9.12. The van der Waals surface area contributed by atoms with Gasteiger partial charge in [-0.25, -0.2) is 0 Å². The summed E-state index contributed by atoms with van der Waals surface area (Å²) in [5.41, 5.74) is 1.89. The second-order valence-corrected chi connectivity index (χ2v) is 6.71. The molecule has 0 aliphatic carbocycles. The van der Waals surface area contributed by atoms with E-state index in [2.05, 4.69) is 5.32 Å². The fraction of sp³-hybridized carbons (Fsp3) is 0.174. The Balaban J connectivity index is 1.66. The second kappa shape index (κ2) is 9.89. The molecule has 0 saturated carbocycles. The summed E-state index contributed by atoms with van der Waals surface area (Å²) in [6, 6.07) is 17.8. The van der Waals surface area contributed by atoms with Crippen LogP contribution in [0.15, 0.2) is 60.7 Å². The summed E-state index contributed by atoms with van der Waals surface area (Å²) in [6.45, 7) is 0.372. The number of benzene rings is 3. The molecule has 0 fully saturated rings. The van der Waals surface area contributed by atoms with E-state index in [9.17, 15) is 4.79 Å². The van der Waals surface area contributed by atoms with E-state index in [1.54, 1.807) is 31.4 Å². The molecule has 0 spiro atoms. The zero-order chi connectivity index (χ0) is 21.5. The molecule has 0 aliphatic rings. The van der Waals surface area contributed by atoms with Crippen molar-refractivity contribution in [2.24, 2.45) is 0 Å². The van der Waals surface area contributed by atoms with Crippen molar-refractivity contribution >= 4 is 23.2 Å². The third-order valence-electron chi connectivity index (χ3n) is 4.38. The summed E-state index contributed by atoms with van der Waals surface area (Å²) in [4.78, 5) is 12.6. The Kier molecular flexibility index (Phi) is 7.03. The predicted molar refractivity (Wildman–Crippen MR) is 116 cm³/mol.